The van der Waals surface area contributed by atoms with Gasteiger partial charge in [0.2, 0.25) is 0 Å². The molecule has 0 aliphatic carbocycles. The number of halogens is 1. The van der Waals surface area contributed by atoms with E-state index in [0.29, 0.717) is 29.6 Å². The summed E-state index contributed by atoms with van der Waals surface area (Å²) in [4.78, 5) is 31.2. The Labute approximate surface area is 195 Å². The van der Waals surface area contributed by atoms with Crippen LogP contribution >= 0.6 is 0 Å². The van der Waals surface area contributed by atoms with Gasteiger partial charge in [-0.3, -0.25) is 14.9 Å². The highest BCUT2D eigenvalue weighted by atomic mass is 19.1. The second-order valence-corrected chi connectivity index (χ2v) is 8.76. The fourth-order valence-corrected chi connectivity index (χ4v) is 4.70. The summed E-state index contributed by atoms with van der Waals surface area (Å²) in [6.45, 7) is 1.19. The van der Waals surface area contributed by atoms with E-state index in [1.54, 1.807) is 19.4 Å². The highest BCUT2D eigenvalue weighted by molar-refractivity contribution is 6.50. The molecule has 0 fully saturated rings. The zero-order chi connectivity index (χ0) is 24.0. The van der Waals surface area contributed by atoms with Crippen LogP contribution in [0, 0.1) is 5.82 Å². The van der Waals surface area contributed by atoms with E-state index in [9.17, 15) is 14.0 Å². The smallest absolute Gasteiger partial charge is 0.259 e. The van der Waals surface area contributed by atoms with Crippen molar-refractivity contribution in [2.75, 3.05) is 27.7 Å². The molecule has 174 valence electrons. The molecule has 1 aliphatic heterocycles. The molecule has 1 aliphatic rings. The van der Waals surface area contributed by atoms with E-state index < -0.39 is 17.6 Å². The van der Waals surface area contributed by atoms with Gasteiger partial charge in [0, 0.05) is 59.0 Å². The summed E-state index contributed by atoms with van der Waals surface area (Å²) in [6.07, 6.45) is 3.43. The third-order valence-electron chi connectivity index (χ3n) is 6.20. The van der Waals surface area contributed by atoms with Crippen molar-refractivity contribution in [2.45, 2.75) is 12.6 Å². The normalized spacial score (nSPS) is 15.2. The molecular weight excluding hydrogens is 435 g/mol. The minimum absolute atomic E-state index is 0.121. The molecule has 2 amide bonds. The van der Waals surface area contributed by atoms with Crippen molar-refractivity contribution in [3.8, 4) is 0 Å². The highest BCUT2D eigenvalue weighted by Crippen LogP contribution is 2.38. The summed E-state index contributed by atoms with van der Waals surface area (Å²) in [6, 6.07) is 12.1. The fourth-order valence-electron chi connectivity index (χ4n) is 4.70. The first-order valence-electron chi connectivity index (χ1n) is 11.0. The van der Waals surface area contributed by atoms with Crippen molar-refractivity contribution < 1.29 is 18.7 Å². The number of hydrogen-bond donors (Lipinski definition) is 2. The predicted molar refractivity (Wildman–Crippen MR) is 130 cm³/mol. The van der Waals surface area contributed by atoms with Gasteiger partial charge < -0.3 is 19.2 Å². The summed E-state index contributed by atoms with van der Waals surface area (Å²) in [7, 11) is 5.59. The summed E-state index contributed by atoms with van der Waals surface area (Å²) in [5.41, 5.74) is 3.28. The lowest BCUT2D eigenvalue weighted by atomic mass is 9.95. The molecular formula is C26H25FN4O3. The van der Waals surface area contributed by atoms with E-state index in [-0.39, 0.29) is 17.3 Å². The molecule has 2 aromatic carbocycles. The van der Waals surface area contributed by atoms with Crippen LogP contribution in [0.3, 0.4) is 0 Å². The Balaban J connectivity index is 1.73. The maximum Gasteiger partial charge on any atom is 0.259 e. The van der Waals surface area contributed by atoms with Gasteiger partial charge in [0.15, 0.2) is 0 Å². The van der Waals surface area contributed by atoms with E-state index in [1.165, 1.54) is 12.1 Å². The Morgan fingerprint density at radius 3 is 2.50 bits per heavy atom. The first kappa shape index (κ1) is 22.1. The number of rotatable bonds is 7. The minimum Gasteiger partial charge on any atom is -0.378 e. The molecule has 3 heterocycles. The molecule has 0 saturated heterocycles. The van der Waals surface area contributed by atoms with Gasteiger partial charge in [-0.25, -0.2) is 4.39 Å². The third-order valence-corrected chi connectivity index (χ3v) is 6.20. The van der Waals surface area contributed by atoms with Crippen molar-refractivity contribution in [3.63, 3.8) is 0 Å². The number of nitrogens with zero attached hydrogens (tertiary/aromatic N) is 2. The molecule has 7 nitrogen and oxygen atoms in total. The number of methoxy groups -OCH3 is 1. The molecule has 8 heteroatoms. The first-order valence-corrected chi connectivity index (χ1v) is 11.0. The minimum atomic E-state index is -0.495. The van der Waals surface area contributed by atoms with Crippen molar-refractivity contribution in [1.29, 1.82) is 0 Å². The second kappa shape index (κ2) is 8.55. The molecule has 2 N–H and O–H groups in total. The topological polar surface area (TPSA) is 79.4 Å². The van der Waals surface area contributed by atoms with Crippen LogP contribution in [0.1, 0.15) is 11.1 Å². The summed E-state index contributed by atoms with van der Waals surface area (Å²) >= 11 is 0. The standard InChI is InChI=1S/C26H25FN4O3/c1-30(2)12-16(34-3)13-31-14-20(18-10-15(27)8-9-22(18)31)24-23(25(32)29-26(24)33)19-11-28-21-7-5-4-6-17(19)21/h4-11,14,16,28H,12-13H2,1-3H3,(H,29,32,33). The van der Waals surface area contributed by atoms with Crippen LogP contribution in [-0.4, -0.2) is 60.1 Å². The van der Waals surface area contributed by atoms with Crippen LogP contribution in [0.15, 0.2) is 54.9 Å². The zero-order valence-corrected chi connectivity index (χ0v) is 19.2. The number of benzene rings is 2. The van der Waals surface area contributed by atoms with Crippen LogP contribution in [0.25, 0.3) is 33.0 Å². The first-order chi connectivity index (χ1) is 16.4. The number of fused-ring (bicyclic) bond motifs is 2. The van der Waals surface area contributed by atoms with Gasteiger partial charge in [-0.15, -0.1) is 0 Å². The molecule has 4 aromatic rings. The van der Waals surface area contributed by atoms with Crippen molar-refractivity contribution in [2.24, 2.45) is 0 Å². The van der Waals surface area contributed by atoms with Crippen molar-refractivity contribution in [3.05, 3.63) is 71.8 Å². The average molecular weight is 461 g/mol. The van der Waals surface area contributed by atoms with Gasteiger partial charge in [-0.2, -0.15) is 0 Å². The summed E-state index contributed by atoms with van der Waals surface area (Å²) in [5.74, 6) is -1.38. The maximum absolute atomic E-state index is 14.3. The lowest BCUT2D eigenvalue weighted by Crippen LogP contribution is -2.31. The van der Waals surface area contributed by atoms with Crippen LogP contribution < -0.4 is 5.32 Å². The molecule has 0 bridgehead atoms. The fraction of sp³-hybridized carbons (Fsp3) is 0.231. The number of carbonyl (C=O) groups is 2. The highest BCUT2D eigenvalue weighted by Gasteiger charge is 2.35. The van der Waals surface area contributed by atoms with E-state index in [4.69, 9.17) is 4.74 Å². The molecule has 0 saturated carbocycles. The number of likely N-dealkylation sites (N-methyl/N-ethyl adjacent to an activating group) is 1. The van der Waals surface area contributed by atoms with Crippen LogP contribution in [0.5, 0.6) is 0 Å². The zero-order valence-electron chi connectivity index (χ0n) is 19.2. The number of amides is 2. The molecule has 0 spiro atoms. The molecule has 1 atom stereocenters. The number of para-hydroxylation sites is 1. The number of ether oxygens (including phenoxy) is 1. The Hall–Kier alpha value is -3.75. The third kappa shape index (κ3) is 3.70. The second-order valence-electron chi connectivity index (χ2n) is 8.76. The number of carbonyl (C=O) groups excluding carboxylic acids is 2. The Morgan fingerprint density at radius 1 is 1.03 bits per heavy atom. The predicted octanol–water partition coefficient (Wildman–Crippen LogP) is 3.41. The molecule has 1 unspecified atom stereocenters. The number of hydrogen-bond acceptors (Lipinski definition) is 4. The number of aromatic amines is 1. The Bertz CT molecular complexity index is 1460. The van der Waals surface area contributed by atoms with Crippen LogP contribution in [-0.2, 0) is 20.9 Å². The largest absolute Gasteiger partial charge is 0.378 e. The van der Waals surface area contributed by atoms with Gasteiger partial charge >= 0.3 is 0 Å². The van der Waals surface area contributed by atoms with Gasteiger partial charge in [-0.1, -0.05) is 18.2 Å². The van der Waals surface area contributed by atoms with Crippen molar-refractivity contribution in [1.82, 2.24) is 19.8 Å². The Morgan fingerprint density at radius 2 is 1.76 bits per heavy atom. The quantitative estimate of drug-likeness (QED) is 0.415. The average Bonchev–Trinajstić information content (AvgIpc) is 3.45. The SMILES string of the molecule is COC(CN(C)C)Cn1cc(C2=C(c3c[nH]c4ccccc34)C(=O)NC2=O)c2cc(F)ccc21. The number of nitrogens with one attached hydrogen (secondary N) is 2. The Kier molecular flexibility index (Phi) is 5.55. The van der Waals surface area contributed by atoms with Gasteiger partial charge in [-0.05, 0) is 38.4 Å². The molecule has 5 rings (SSSR count). The number of aromatic nitrogens is 2. The molecule has 0 radical (unpaired) electrons. The van der Waals surface area contributed by atoms with Crippen LogP contribution in [0.4, 0.5) is 4.39 Å². The maximum atomic E-state index is 14.3. The molecule has 2 aromatic heterocycles. The lowest BCUT2D eigenvalue weighted by Gasteiger charge is -2.20. The van der Waals surface area contributed by atoms with E-state index in [0.717, 1.165) is 16.4 Å². The lowest BCUT2D eigenvalue weighted by molar-refractivity contribution is -0.122. The van der Waals surface area contributed by atoms with Crippen molar-refractivity contribution >= 4 is 44.8 Å². The summed E-state index contributed by atoms with van der Waals surface area (Å²) in [5, 5.41) is 3.83. The molecule has 34 heavy (non-hydrogen) atoms. The van der Waals surface area contributed by atoms with Gasteiger partial charge in [0.05, 0.1) is 23.8 Å². The van der Waals surface area contributed by atoms with E-state index >= 15 is 0 Å². The van der Waals surface area contributed by atoms with E-state index in [1.807, 2.05) is 54.0 Å². The van der Waals surface area contributed by atoms with Gasteiger partial charge in [0.25, 0.3) is 11.8 Å². The van der Waals surface area contributed by atoms with Gasteiger partial charge in [0.1, 0.15) is 5.82 Å². The number of imide groups is 1. The summed E-state index contributed by atoms with van der Waals surface area (Å²) < 4.78 is 21.9. The van der Waals surface area contributed by atoms with Crippen LogP contribution in [0.2, 0.25) is 0 Å². The monoisotopic (exact) mass is 460 g/mol. The number of H-pyrrole nitrogens is 1. The van der Waals surface area contributed by atoms with E-state index in [2.05, 4.69) is 10.3 Å².